The highest BCUT2D eigenvalue weighted by atomic mass is 19.1. The summed E-state index contributed by atoms with van der Waals surface area (Å²) < 4.78 is 17.7. The van der Waals surface area contributed by atoms with E-state index in [2.05, 4.69) is 4.98 Å². The summed E-state index contributed by atoms with van der Waals surface area (Å²) in [5, 5.41) is 0. The van der Waals surface area contributed by atoms with Crippen LogP contribution in [0.2, 0.25) is 0 Å². The molecule has 1 aliphatic rings. The smallest absolute Gasteiger partial charge is 0.250 e. The Kier molecular flexibility index (Phi) is 1.73. The summed E-state index contributed by atoms with van der Waals surface area (Å²) in [4.78, 5) is 4.00. The van der Waals surface area contributed by atoms with Crippen molar-refractivity contribution in [2.24, 2.45) is 5.73 Å². The van der Waals surface area contributed by atoms with Crippen LogP contribution in [0.5, 0.6) is 5.88 Å². The fourth-order valence-corrected chi connectivity index (χ4v) is 1.23. The zero-order valence-corrected chi connectivity index (χ0v) is 7.38. The molecule has 2 rings (SSSR count). The number of rotatable bonds is 2. The summed E-state index contributed by atoms with van der Waals surface area (Å²) in [5.74, 6) is -0.426. The van der Waals surface area contributed by atoms with Gasteiger partial charge in [0.25, 0.3) is 0 Å². The molecule has 0 aliphatic heterocycles. The summed E-state index contributed by atoms with van der Waals surface area (Å²) in [6.45, 7) is 0. The number of nitrogens with zero attached hydrogens (tertiary/aromatic N) is 1. The van der Waals surface area contributed by atoms with Crippen LogP contribution in [0.15, 0.2) is 12.1 Å². The Hall–Kier alpha value is -1.16. The number of ether oxygens (including phenoxy) is 1. The molecule has 4 heteroatoms. The van der Waals surface area contributed by atoms with Crippen molar-refractivity contribution in [3.8, 4) is 5.88 Å². The quantitative estimate of drug-likeness (QED) is 0.747. The Bertz CT molecular complexity index is 336. The molecule has 0 spiro atoms. The number of halogens is 1. The van der Waals surface area contributed by atoms with Crippen molar-refractivity contribution in [3.05, 3.63) is 23.6 Å². The van der Waals surface area contributed by atoms with Crippen LogP contribution in [-0.4, -0.2) is 12.1 Å². The molecule has 1 aromatic rings. The van der Waals surface area contributed by atoms with Gasteiger partial charge in [-0.05, 0) is 25.0 Å². The first-order valence-electron chi connectivity index (χ1n) is 4.16. The highest BCUT2D eigenvalue weighted by Crippen LogP contribution is 2.42. The van der Waals surface area contributed by atoms with Gasteiger partial charge in [0.1, 0.15) is 0 Å². The van der Waals surface area contributed by atoms with Gasteiger partial charge in [-0.3, -0.25) is 0 Å². The van der Waals surface area contributed by atoms with Crippen molar-refractivity contribution < 1.29 is 9.13 Å². The van der Waals surface area contributed by atoms with Crippen molar-refractivity contribution in [1.29, 1.82) is 0 Å². The fourth-order valence-electron chi connectivity index (χ4n) is 1.23. The van der Waals surface area contributed by atoms with Crippen LogP contribution in [0.1, 0.15) is 18.5 Å². The zero-order valence-electron chi connectivity index (χ0n) is 7.38. The third-order valence-corrected chi connectivity index (χ3v) is 2.31. The van der Waals surface area contributed by atoms with E-state index in [1.165, 1.54) is 13.2 Å². The minimum atomic E-state index is -0.449. The Morgan fingerprint density at radius 1 is 1.54 bits per heavy atom. The molecule has 0 unspecified atom stereocenters. The van der Waals surface area contributed by atoms with Crippen LogP contribution in [0, 0.1) is 5.82 Å². The molecule has 0 radical (unpaired) electrons. The maximum absolute atomic E-state index is 13.0. The predicted molar refractivity (Wildman–Crippen MR) is 45.8 cm³/mol. The van der Waals surface area contributed by atoms with Crippen molar-refractivity contribution in [3.63, 3.8) is 0 Å². The average Bonchev–Trinajstić information content (AvgIpc) is 2.86. The minimum absolute atomic E-state index is 0.0224. The van der Waals surface area contributed by atoms with Crippen LogP contribution < -0.4 is 10.5 Å². The zero-order chi connectivity index (χ0) is 9.47. The minimum Gasteiger partial charge on any atom is -0.479 e. The van der Waals surface area contributed by atoms with Crippen molar-refractivity contribution in [2.45, 2.75) is 18.4 Å². The molecule has 0 atom stereocenters. The molecule has 1 saturated carbocycles. The van der Waals surface area contributed by atoms with Crippen molar-refractivity contribution in [1.82, 2.24) is 4.98 Å². The van der Waals surface area contributed by atoms with E-state index >= 15 is 0 Å². The van der Waals surface area contributed by atoms with Crippen LogP contribution in [0.25, 0.3) is 0 Å². The monoisotopic (exact) mass is 182 g/mol. The lowest BCUT2D eigenvalue weighted by Crippen LogP contribution is -2.20. The van der Waals surface area contributed by atoms with E-state index in [1.807, 2.05) is 0 Å². The summed E-state index contributed by atoms with van der Waals surface area (Å²) in [6, 6.07) is 2.96. The first kappa shape index (κ1) is 8.44. The molecule has 70 valence electrons. The third-order valence-electron chi connectivity index (χ3n) is 2.31. The van der Waals surface area contributed by atoms with Gasteiger partial charge in [0.15, 0.2) is 5.82 Å². The second-order valence-electron chi connectivity index (χ2n) is 3.34. The summed E-state index contributed by atoms with van der Waals surface area (Å²) >= 11 is 0. The summed E-state index contributed by atoms with van der Waals surface area (Å²) in [5.41, 5.74) is 6.28. The molecule has 0 aromatic carbocycles. The highest BCUT2D eigenvalue weighted by molar-refractivity contribution is 5.27. The number of methoxy groups -OCH3 is 1. The molecule has 13 heavy (non-hydrogen) atoms. The largest absolute Gasteiger partial charge is 0.479 e. The molecule has 3 nitrogen and oxygen atoms in total. The van der Waals surface area contributed by atoms with Crippen LogP contribution >= 0.6 is 0 Å². The van der Waals surface area contributed by atoms with Crippen LogP contribution in [-0.2, 0) is 5.54 Å². The lowest BCUT2D eigenvalue weighted by molar-refractivity contribution is 0.365. The Morgan fingerprint density at radius 2 is 2.23 bits per heavy atom. The normalized spacial score (nSPS) is 18.4. The van der Waals surface area contributed by atoms with Gasteiger partial charge in [0, 0.05) is 0 Å². The predicted octanol–water partition coefficient (Wildman–Crippen LogP) is 1.18. The lowest BCUT2D eigenvalue weighted by Gasteiger charge is -2.09. The highest BCUT2D eigenvalue weighted by Gasteiger charge is 2.41. The molecule has 1 aromatic heterocycles. The third kappa shape index (κ3) is 1.37. The van der Waals surface area contributed by atoms with E-state index in [4.69, 9.17) is 10.5 Å². The topological polar surface area (TPSA) is 48.1 Å². The van der Waals surface area contributed by atoms with Gasteiger partial charge in [-0.15, -0.1) is 0 Å². The first-order valence-corrected chi connectivity index (χ1v) is 4.16. The van der Waals surface area contributed by atoms with Crippen molar-refractivity contribution >= 4 is 0 Å². The van der Waals surface area contributed by atoms with Gasteiger partial charge in [-0.1, -0.05) is 0 Å². The SMILES string of the molecule is COc1nc(C2(N)CC2)ccc1F. The Labute approximate surface area is 75.7 Å². The van der Waals surface area contributed by atoms with Gasteiger partial charge < -0.3 is 10.5 Å². The average molecular weight is 182 g/mol. The number of hydrogen-bond donors (Lipinski definition) is 1. The second-order valence-corrected chi connectivity index (χ2v) is 3.34. The van der Waals surface area contributed by atoms with Crippen LogP contribution in [0.3, 0.4) is 0 Å². The first-order chi connectivity index (χ1) is 6.15. The van der Waals surface area contributed by atoms with Crippen molar-refractivity contribution in [2.75, 3.05) is 7.11 Å². The summed E-state index contributed by atoms with van der Waals surface area (Å²) in [7, 11) is 1.39. The number of nitrogens with two attached hydrogens (primary N) is 1. The summed E-state index contributed by atoms with van der Waals surface area (Å²) in [6.07, 6.45) is 1.82. The van der Waals surface area contributed by atoms with E-state index in [0.717, 1.165) is 12.8 Å². The van der Waals surface area contributed by atoms with Gasteiger partial charge in [-0.25, -0.2) is 9.37 Å². The fraction of sp³-hybridized carbons (Fsp3) is 0.444. The molecule has 0 bridgehead atoms. The van der Waals surface area contributed by atoms with E-state index in [9.17, 15) is 4.39 Å². The van der Waals surface area contributed by atoms with E-state index < -0.39 is 5.82 Å². The number of pyridine rings is 1. The molecule has 1 heterocycles. The number of aromatic nitrogens is 1. The Balaban J connectivity index is 2.39. The molecule has 1 aliphatic carbocycles. The molecule has 0 saturated heterocycles. The Morgan fingerprint density at radius 3 is 2.77 bits per heavy atom. The van der Waals surface area contributed by atoms with E-state index in [-0.39, 0.29) is 11.4 Å². The second kappa shape index (κ2) is 2.67. The molecule has 1 fully saturated rings. The maximum Gasteiger partial charge on any atom is 0.250 e. The van der Waals surface area contributed by atoms with E-state index in [0.29, 0.717) is 5.69 Å². The lowest BCUT2D eigenvalue weighted by atomic mass is 10.2. The van der Waals surface area contributed by atoms with Gasteiger partial charge >= 0.3 is 0 Å². The van der Waals surface area contributed by atoms with Gasteiger partial charge in [-0.2, -0.15) is 0 Å². The van der Waals surface area contributed by atoms with Gasteiger partial charge in [0.05, 0.1) is 18.3 Å². The molecule has 0 amide bonds. The van der Waals surface area contributed by atoms with E-state index in [1.54, 1.807) is 6.07 Å². The van der Waals surface area contributed by atoms with Crippen LogP contribution in [0.4, 0.5) is 4.39 Å². The number of hydrogen-bond acceptors (Lipinski definition) is 3. The van der Waals surface area contributed by atoms with Gasteiger partial charge in [0.2, 0.25) is 5.88 Å². The molecule has 2 N–H and O–H groups in total. The molecular formula is C9H11FN2O. The maximum atomic E-state index is 13.0. The standard InChI is InChI=1S/C9H11FN2O/c1-13-8-6(10)2-3-7(12-8)9(11)4-5-9/h2-3H,4-5,11H2,1H3. The molecular weight excluding hydrogens is 171 g/mol.